The predicted molar refractivity (Wildman–Crippen MR) is 55.3 cm³/mol. The molecular weight excluding hydrogens is 196 g/mol. The molecule has 1 N–H and O–H groups in total. The molecule has 1 fully saturated rings. The first-order valence-corrected chi connectivity index (χ1v) is 5.63. The van der Waals surface area contributed by atoms with E-state index in [9.17, 15) is 9.90 Å². The van der Waals surface area contributed by atoms with Crippen molar-refractivity contribution < 1.29 is 19.4 Å². The van der Waals surface area contributed by atoms with E-state index in [0.717, 1.165) is 6.42 Å². The molecular formula is C11H20O4. The van der Waals surface area contributed by atoms with Crippen LogP contribution in [0.3, 0.4) is 0 Å². The minimum atomic E-state index is -0.628. The maximum atomic E-state index is 11.5. The quantitative estimate of drug-likeness (QED) is 0.696. The molecule has 0 bridgehead atoms. The van der Waals surface area contributed by atoms with Crippen molar-refractivity contribution in [3.05, 3.63) is 0 Å². The lowest BCUT2D eigenvalue weighted by Crippen LogP contribution is -2.35. The first kappa shape index (κ1) is 12.5. The summed E-state index contributed by atoms with van der Waals surface area (Å²) in [5.74, 6) is -0.615. The molecule has 0 spiro atoms. The molecule has 1 aliphatic rings. The van der Waals surface area contributed by atoms with Crippen molar-refractivity contribution in [3.8, 4) is 0 Å². The van der Waals surface area contributed by atoms with Crippen molar-refractivity contribution in [2.75, 3.05) is 19.8 Å². The molecule has 4 nitrogen and oxygen atoms in total. The number of carbonyl (C=O) groups excluding carboxylic acids is 1. The van der Waals surface area contributed by atoms with Gasteiger partial charge in [-0.05, 0) is 19.8 Å². The standard InChI is InChI=1S/C11H20O4/c1-3-9(11(13)15-4-2)10(12)8-5-6-14-7-8/h8-10,12H,3-7H2,1-2H3. The molecule has 0 amide bonds. The van der Waals surface area contributed by atoms with Crippen LogP contribution in [-0.2, 0) is 14.3 Å². The lowest BCUT2D eigenvalue weighted by Gasteiger charge is -2.23. The summed E-state index contributed by atoms with van der Waals surface area (Å²) in [5, 5.41) is 10.0. The molecule has 1 saturated heterocycles. The van der Waals surface area contributed by atoms with Gasteiger partial charge in [-0.1, -0.05) is 6.92 Å². The molecule has 3 atom stereocenters. The maximum Gasteiger partial charge on any atom is 0.311 e. The Morgan fingerprint density at radius 1 is 1.60 bits per heavy atom. The van der Waals surface area contributed by atoms with Gasteiger partial charge in [-0.3, -0.25) is 4.79 Å². The number of aliphatic hydroxyl groups is 1. The van der Waals surface area contributed by atoms with Gasteiger partial charge in [-0.2, -0.15) is 0 Å². The highest BCUT2D eigenvalue weighted by molar-refractivity contribution is 5.73. The number of carbonyl (C=O) groups is 1. The summed E-state index contributed by atoms with van der Waals surface area (Å²) in [6, 6.07) is 0. The Bertz CT molecular complexity index is 199. The van der Waals surface area contributed by atoms with Gasteiger partial charge < -0.3 is 14.6 Å². The van der Waals surface area contributed by atoms with Crippen LogP contribution >= 0.6 is 0 Å². The second-order valence-corrected chi connectivity index (χ2v) is 3.88. The topological polar surface area (TPSA) is 55.8 Å². The molecule has 1 aliphatic heterocycles. The van der Waals surface area contributed by atoms with E-state index >= 15 is 0 Å². The summed E-state index contributed by atoms with van der Waals surface area (Å²) in [6.45, 7) is 5.26. The van der Waals surface area contributed by atoms with Gasteiger partial charge in [-0.15, -0.1) is 0 Å². The summed E-state index contributed by atoms with van der Waals surface area (Å²) in [7, 11) is 0. The van der Waals surface area contributed by atoms with E-state index in [2.05, 4.69) is 0 Å². The van der Waals surface area contributed by atoms with E-state index in [1.165, 1.54) is 0 Å². The van der Waals surface area contributed by atoms with Gasteiger partial charge in [-0.25, -0.2) is 0 Å². The van der Waals surface area contributed by atoms with E-state index in [1.54, 1.807) is 6.92 Å². The monoisotopic (exact) mass is 216 g/mol. The van der Waals surface area contributed by atoms with Crippen molar-refractivity contribution in [1.29, 1.82) is 0 Å². The minimum absolute atomic E-state index is 0.0827. The molecule has 3 unspecified atom stereocenters. The van der Waals surface area contributed by atoms with Crippen LogP contribution in [0.1, 0.15) is 26.7 Å². The summed E-state index contributed by atoms with van der Waals surface area (Å²) in [5.41, 5.74) is 0. The molecule has 0 saturated carbocycles. The van der Waals surface area contributed by atoms with Crippen LogP contribution in [0.4, 0.5) is 0 Å². The highest BCUT2D eigenvalue weighted by atomic mass is 16.5. The molecule has 4 heteroatoms. The van der Waals surface area contributed by atoms with E-state index in [4.69, 9.17) is 9.47 Å². The van der Waals surface area contributed by atoms with Crippen LogP contribution in [0.25, 0.3) is 0 Å². The molecule has 0 aliphatic carbocycles. The molecule has 15 heavy (non-hydrogen) atoms. The number of hydrogen-bond acceptors (Lipinski definition) is 4. The van der Waals surface area contributed by atoms with Crippen molar-refractivity contribution >= 4 is 5.97 Å². The van der Waals surface area contributed by atoms with E-state index in [-0.39, 0.29) is 11.9 Å². The van der Waals surface area contributed by atoms with Crippen LogP contribution in [0, 0.1) is 11.8 Å². The highest BCUT2D eigenvalue weighted by Crippen LogP contribution is 2.24. The van der Waals surface area contributed by atoms with Gasteiger partial charge in [0.25, 0.3) is 0 Å². The van der Waals surface area contributed by atoms with Gasteiger partial charge >= 0.3 is 5.97 Å². The first-order valence-electron chi connectivity index (χ1n) is 5.63. The smallest absolute Gasteiger partial charge is 0.311 e. The third-order valence-electron chi connectivity index (χ3n) is 2.89. The van der Waals surface area contributed by atoms with Crippen molar-refractivity contribution in [3.63, 3.8) is 0 Å². The van der Waals surface area contributed by atoms with E-state index in [1.807, 2.05) is 6.92 Å². The Kier molecular flexibility index (Phi) is 5.05. The van der Waals surface area contributed by atoms with Gasteiger partial charge in [0.1, 0.15) is 0 Å². The van der Waals surface area contributed by atoms with Crippen LogP contribution < -0.4 is 0 Å². The number of aliphatic hydroxyl groups excluding tert-OH is 1. The zero-order valence-corrected chi connectivity index (χ0v) is 9.44. The molecule has 0 aromatic carbocycles. The summed E-state index contributed by atoms with van der Waals surface area (Å²) >= 11 is 0. The summed E-state index contributed by atoms with van der Waals surface area (Å²) < 4.78 is 10.1. The Hall–Kier alpha value is -0.610. The van der Waals surface area contributed by atoms with Crippen molar-refractivity contribution in [2.45, 2.75) is 32.8 Å². The van der Waals surface area contributed by atoms with Gasteiger partial charge in [0.15, 0.2) is 0 Å². The number of esters is 1. The fourth-order valence-corrected chi connectivity index (χ4v) is 1.95. The number of rotatable bonds is 5. The Morgan fingerprint density at radius 2 is 2.33 bits per heavy atom. The molecule has 0 aromatic rings. The normalized spacial score (nSPS) is 24.9. The summed E-state index contributed by atoms with van der Waals surface area (Å²) in [4.78, 5) is 11.5. The minimum Gasteiger partial charge on any atom is -0.466 e. The van der Waals surface area contributed by atoms with Crippen LogP contribution in [-0.4, -0.2) is 37.0 Å². The zero-order chi connectivity index (χ0) is 11.3. The number of ether oxygens (including phenoxy) is 2. The highest BCUT2D eigenvalue weighted by Gasteiger charge is 2.34. The molecule has 0 aromatic heterocycles. The van der Waals surface area contributed by atoms with Crippen LogP contribution in [0.5, 0.6) is 0 Å². The zero-order valence-electron chi connectivity index (χ0n) is 9.44. The Morgan fingerprint density at radius 3 is 2.80 bits per heavy atom. The van der Waals surface area contributed by atoms with Crippen molar-refractivity contribution in [2.24, 2.45) is 11.8 Å². The maximum absolute atomic E-state index is 11.5. The fourth-order valence-electron chi connectivity index (χ4n) is 1.95. The average Bonchev–Trinajstić information content (AvgIpc) is 2.71. The second-order valence-electron chi connectivity index (χ2n) is 3.88. The molecule has 1 rings (SSSR count). The molecule has 1 heterocycles. The van der Waals surface area contributed by atoms with Gasteiger partial charge in [0, 0.05) is 12.5 Å². The second kappa shape index (κ2) is 6.08. The summed E-state index contributed by atoms with van der Waals surface area (Å²) in [6.07, 6.45) is 0.810. The average molecular weight is 216 g/mol. The van der Waals surface area contributed by atoms with E-state index in [0.29, 0.717) is 26.2 Å². The molecule has 88 valence electrons. The lowest BCUT2D eigenvalue weighted by molar-refractivity contribution is -0.153. The Balaban J connectivity index is 2.52. The third-order valence-corrected chi connectivity index (χ3v) is 2.89. The van der Waals surface area contributed by atoms with Gasteiger partial charge in [0.2, 0.25) is 0 Å². The largest absolute Gasteiger partial charge is 0.466 e. The SMILES string of the molecule is CCOC(=O)C(CC)C(O)C1CCOC1. The van der Waals surface area contributed by atoms with Gasteiger partial charge in [0.05, 0.1) is 25.2 Å². The van der Waals surface area contributed by atoms with E-state index < -0.39 is 12.0 Å². The van der Waals surface area contributed by atoms with Crippen molar-refractivity contribution in [1.82, 2.24) is 0 Å². The molecule has 0 radical (unpaired) electrons. The van der Waals surface area contributed by atoms with Crippen LogP contribution in [0.2, 0.25) is 0 Å². The lowest BCUT2D eigenvalue weighted by atomic mass is 9.88. The Labute approximate surface area is 90.6 Å². The number of hydrogen-bond donors (Lipinski definition) is 1. The third kappa shape index (κ3) is 3.18. The predicted octanol–water partition coefficient (Wildman–Crippen LogP) is 0.973. The first-order chi connectivity index (χ1) is 7.20. The fraction of sp³-hybridized carbons (Fsp3) is 0.909. The van der Waals surface area contributed by atoms with Crippen LogP contribution in [0.15, 0.2) is 0 Å².